The van der Waals surface area contributed by atoms with E-state index in [0.29, 0.717) is 11.3 Å². The molecule has 1 fully saturated rings. The molecule has 0 spiro atoms. The Morgan fingerprint density at radius 2 is 1.33 bits per heavy atom. The molecule has 0 saturated carbocycles. The van der Waals surface area contributed by atoms with Gasteiger partial charge in [-0.1, -0.05) is 43.5 Å². The molecule has 1 aliphatic rings. The summed E-state index contributed by atoms with van der Waals surface area (Å²) in [6.45, 7) is 2.61. The van der Waals surface area contributed by atoms with Crippen LogP contribution in [0.3, 0.4) is 0 Å². The zero-order valence-corrected chi connectivity index (χ0v) is 17.3. The molecule has 1 saturated heterocycles. The summed E-state index contributed by atoms with van der Waals surface area (Å²) in [6, 6.07) is 14.1. The van der Waals surface area contributed by atoms with Crippen LogP contribution in [0.2, 0.25) is 0 Å². The van der Waals surface area contributed by atoms with E-state index in [9.17, 15) is 14.4 Å². The van der Waals surface area contributed by atoms with E-state index in [2.05, 4.69) is 0 Å². The molecule has 0 atom stereocenters. The van der Waals surface area contributed by atoms with E-state index in [1.54, 1.807) is 29.2 Å². The van der Waals surface area contributed by atoms with Crippen molar-refractivity contribution in [2.75, 3.05) is 19.7 Å². The largest absolute Gasteiger partial charge is 0.452 e. The minimum atomic E-state index is -0.507. The Morgan fingerprint density at radius 3 is 1.90 bits per heavy atom. The second-order valence-electron chi connectivity index (χ2n) is 7.42. The average molecular weight is 409 g/mol. The molecular weight excluding hydrogens is 382 g/mol. The first kappa shape index (κ1) is 21.6. The maximum absolute atomic E-state index is 12.3. The van der Waals surface area contributed by atoms with E-state index in [1.165, 1.54) is 13.3 Å². The zero-order valence-electron chi connectivity index (χ0n) is 17.3. The summed E-state index contributed by atoms with van der Waals surface area (Å²) < 4.78 is 10.3. The summed E-state index contributed by atoms with van der Waals surface area (Å²) in [7, 11) is 0. The van der Waals surface area contributed by atoms with Crippen molar-refractivity contribution in [2.24, 2.45) is 0 Å². The van der Waals surface area contributed by atoms with Crippen LogP contribution in [0.5, 0.6) is 5.75 Å². The smallest absolute Gasteiger partial charge is 0.338 e. The lowest BCUT2D eigenvalue weighted by molar-refractivity contribution is -0.135. The Morgan fingerprint density at radius 1 is 0.800 bits per heavy atom. The molecule has 0 aliphatic carbocycles. The van der Waals surface area contributed by atoms with Gasteiger partial charge in [0.1, 0.15) is 5.75 Å². The fraction of sp³-hybridized carbons (Fsp3) is 0.375. The van der Waals surface area contributed by atoms with Crippen LogP contribution in [0, 0.1) is 0 Å². The van der Waals surface area contributed by atoms with Crippen molar-refractivity contribution in [3.8, 4) is 16.9 Å². The molecule has 3 rings (SSSR count). The van der Waals surface area contributed by atoms with E-state index in [1.807, 2.05) is 24.3 Å². The maximum Gasteiger partial charge on any atom is 0.338 e. The van der Waals surface area contributed by atoms with Crippen molar-refractivity contribution in [1.29, 1.82) is 0 Å². The average Bonchev–Trinajstić information content (AvgIpc) is 2.72. The Hall–Kier alpha value is -3.15. The van der Waals surface area contributed by atoms with Crippen molar-refractivity contribution in [1.82, 2.24) is 4.90 Å². The number of hydrogen-bond donors (Lipinski definition) is 0. The number of nitrogens with zero attached hydrogens (tertiary/aromatic N) is 1. The van der Waals surface area contributed by atoms with Gasteiger partial charge in [-0.3, -0.25) is 9.59 Å². The number of amides is 1. The molecule has 0 N–H and O–H groups in total. The quantitative estimate of drug-likeness (QED) is 0.546. The molecule has 6 heteroatoms. The van der Waals surface area contributed by atoms with Gasteiger partial charge >= 0.3 is 11.9 Å². The molecule has 0 unspecified atom stereocenters. The molecule has 30 heavy (non-hydrogen) atoms. The number of rotatable bonds is 5. The highest BCUT2D eigenvalue weighted by molar-refractivity contribution is 5.92. The Balaban J connectivity index is 1.54. The molecule has 2 aromatic carbocycles. The van der Waals surface area contributed by atoms with Crippen molar-refractivity contribution < 1.29 is 23.9 Å². The Bertz CT molecular complexity index is 865. The maximum atomic E-state index is 12.3. The Labute approximate surface area is 176 Å². The minimum Gasteiger partial charge on any atom is -0.452 e. The fourth-order valence-corrected chi connectivity index (χ4v) is 3.48. The van der Waals surface area contributed by atoms with E-state index < -0.39 is 5.97 Å². The number of ether oxygens (including phenoxy) is 2. The zero-order chi connectivity index (χ0) is 21.3. The molecule has 158 valence electrons. The molecule has 1 amide bonds. The second kappa shape index (κ2) is 10.6. The lowest BCUT2D eigenvalue weighted by atomic mass is 10.0. The number of carbonyl (C=O) groups is 3. The second-order valence-corrected chi connectivity index (χ2v) is 7.42. The van der Waals surface area contributed by atoms with Crippen LogP contribution in [0.25, 0.3) is 11.1 Å². The Kier molecular flexibility index (Phi) is 7.60. The van der Waals surface area contributed by atoms with Gasteiger partial charge in [0.2, 0.25) is 0 Å². The van der Waals surface area contributed by atoms with Gasteiger partial charge in [0, 0.05) is 20.0 Å². The van der Waals surface area contributed by atoms with Gasteiger partial charge in [0.05, 0.1) is 5.56 Å². The topological polar surface area (TPSA) is 72.9 Å². The molecule has 2 aromatic rings. The molecule has 1 aliphatic heterocycles. The van der Waals surface area contributed by atoms with Gasteiger partial charge in [-0.15, -0.1) is 0 Å². The summed E-state index contributed by atoms with van der Waals surface area (Å²) >= 11 is 0. The number of esters is 2. The van der Waals surface area contributed by atoms with E-state index >= 15 is 0 Å². The molecule has 6 nitrogen and oxygen atoms in total. The van der Waals surface area contributed by atoms with Crippen LogP contribution < -0.4 is 4.74 Å². The first-order chi connectivity index (χ1) is 14.5. The summed E-state index contributed by atoms with van der Waals surface area (Å²) in [5, 5.41) is 0. The van der Waals surface area contributed by atoms with Crippen LogP contribution in [-0.4, -0.2) is 42.4 Å². The summed E-state index contributed by atoms with van der Waals surface area (Å²) in [4.78, 5) is 37.5. The number of carbonyl (C=O) groups excluding carboxylic acids is 3. The highest BCUT2D eigenvalue weighted by atomic mass is 16.5. The summed E-state index contributed by atoms with van der Waals surface area (Å²) in [5.74, 6) is -0.520. The van der Waals surface area contributed by atoms with Gasteiger partial charge in [-0.05, 0) is 48.2 Å². The van der Waals surface area contributed by atoms with Crippen molar-refractivity contribution in [2.45, 2.75) is 39.0 Å². The number of likely N-dealkylation sites (tertiary alicyclic amines) is 1. The number of benzene rings is 2. The van der Waals surface area contributed by atoms with Gasteiger partial charge in [-0.2, -0.15) is 0 Å². The SMILES string of the molecule is CC(=O)Oc1ccc(-c2ccc(C(=O)OCC(=O)N3CCCCCCC3)cc2)cc1. The van der Waals surface area contributed by atoms with E-state index in [4.69, 9.17) is 9.47 Å². The van der Waals surface area contributed by atoms with E-state index in [0.717, 1.165) is 49.9 Å². The van der Waals surface area contributed by atoms with Crippen LogP contribution in [0.1, 0.15) is 49.4 Å². The van der Waals surface area contributed by atoms with Crippen molar-refractivity contribution in [3.63, 3.8) is 0 Å². The van der Waals surface area contributed by atoms with Crippen LogP contribution in [0.15, 0.2) is 48.5 Å². The molecule has 0 aromatic heterocycles. The summed E-state index contributed by atoms with van der Waals surface area (Å²) in [6.07, 6.45) is 5.51. The third-order valence-electron chi connectivity index (χ3n) is 5.11. The molecular formula is C24H27NO5. The van der Waals surface area contributed by atoms with E-state index in [-0.39, 0.29) is 18.5 Å². The van der Waals surface area contributed by atoms with Gasteiger partial charge in [0.15, 0.2) is 6.61 Å². The van der Waals surface area contributed by atoms with Crippen molar-refractivity contribution in [3.05, 3.63) is 54.1 Å². The standard InChI is InChI=1S/C24H27NO5/c1-18(26)30-22-13-11-20(12-14-22)19-7-9-21(10-8-19)24(28)29-17-23(27)25-15-5-3-2-4-6-16-25/h7-14H,2-6,15-17H2,1H3. The minimum absolute atomic E-state index is 0.130. The molecule has 0 bridgehead atoms. The highest BCUT2D eigenvalue weighted by Gasteiger charge is 2.17. The normalized spacial score (nSPS) is 14.4. The van der Waals surface area contributed by atoms with Crippen LogP contribution in [0.4, 0.5) is 0 Å². The highest BCUT2D eigenvalue weighted by Crippen LogP contribution is 2.23. The van der Waals surface area contributed by atoms with Gasteiger partial charge in [-0.25, -0.2) is 4.79 Å². The number of hydrogen-bond acceptors (Lipinski definition) is 5. The molecule has 0 radical (unpaired) electrons. The van der Waals surface area contributed by atoms with Gasteiger partial charge < -0.3 is 14.4 Å². The summed E-state index contributed by atoms with van der Waals surface area (Å²) in [5.41, 5.74) is 2.24. The van der Waals surface area contributed by atoms with Crippen molar-refractivity contribution >= 4 is 17.8 Å². The monoisotopic (exact) mass is 409 g/mol. The van der Waals surface area contributed by atoms with Gasteiger partial charge in [0.25, 0.3) is 5.91 Å². The third kappa shape index (κ3) is 6.17. The first-order valence-electron chi connectivity index (χ1n) is 10.4. The lowest BCUT2D eigenvalue weighted by Crippen LogP contribution is -2.36. The van der Waals surface area contributed by atoms with Crippen LogP contribution in [-0.2, 0) is 14.3 Å². The third-order valence-corrected chi connectivity index (χ3v) is 5.11. The first-order valence-corrected chi connectivity index (χ1v) is 10.4. The lowest BCUT2D eigenvalue weighted by Gasteiger charge is -2.24. The van der Waals surface area contributed by atoms with Crippen LogP contribution >= 0.6 is 0 Å². The predicted molar refractivity (Wildman–Crippen MR) is 113 cm³/mol. The predicted octanol–water partition coefficient (Wildman–Crippen LogP) is 4.23. The fourth-order valence-electron chi connectivity index (χ4n) is 3.48. The molecule has 1 heterocycles.